The Morgan fingerprint density at radius 2 is 2.00 bits per heavy atom. The lowest BCUT2D eigenvalue weighted by Gasteiger charge is -2.34. The molecule has 0 aromatic carbocycles. The van der Waals surface area contributed by atoms with Gasteiger partial charge in [-0.3, -0.25) is 0 Å². The van der Waals surface area contributed by atoms with Gasteiger partial charge < -0.3 is 9.80 Å². The van der Waals surface area contributed by atoms with Crippen LogP contribution in [0.3, 0.4) is 0 Å². The smallest absolute Gasteiger partial charge is 0.319 e. The average Bonchev–Trinajstić information content (AvgIpc) is 2.83. The van der Waals surface area contributed by atoms with E-state index in [1.165, 1.54) is 25.7 Å². The summed E-state index contributed by atoms with van der Waals surface area (Å²) in [5.41, 5.74) is 0.546. The molecule has 1 aliphatic carbocycles. The van der Waals surface area contributed by atoms with Crippen molar-refractivity contribution < 1.29 is 4.79 Å². The van der Waals surface area contributed by atoms with E-state index in [0.717, 1.165) is 13.1 Å². The second kappa shape index (κ2) is 2.89. The van der Waals surface area contributed by atoms with E-state index < -0.39 is 0 Å². The van der Waals surface area contributed by atoms with Gasteiger partial charge in [0, 0.05) is 27.2 Å². The minimum absolute atomic E-state index is 0.186. The first-order chi connectivity index (χ1) is 6.13. The normalized spacial score (nSPS) is 24.6. The standard InChI is InChI=1S/C10H18N2O/c1-11(2)9(13)12-7-3-4-10(8-12)5-6-10/h3-8H2,1-2H3. The minimum atomic E-state index is 0.186. The Morgan fingerprint density at radius 3 is 2.54 bits per heavy atom. The van der Waals surface area contributed by atoms with Gasteiger partial charge in [0.1, 0.15) is 0 Å². The third-order valence-electron chi connectivity index (χ3n) is 3.27. The number of urea groups is 1. The fourth-order valence-corrected chi connectivity index (χ4v) is 2.24. The molecule has 0 aromatic heterocycles. The highest BCUT2D eigenvalue weighted by molar-refractivity contribution is 5.74. The maximum atomic E-state index is 11.7. The molecule has 1 aliphatic heterocycles. The number of rotatable bonds is 0. The first-order valence-electron chi connectivity index (χ1n) is 5.09. The predicted octanol–water partition coefficient (Wildman–Crippen LogP) is 1.54. The van der Waals surface area contributed by atoms with Crippen molar-refractivity contribution in [2.75, 3.05) is 27.2 Å². The van der Waals surface area contributed by atoms with Crippen LogP contribution in [0.25, 0.3) is 0 Å². The molecule has 2 amide bonds. The van der Waals surface area contributed by atoms with E-state index in [1.54, 1.807) is 4.90 Å². The highest BCUT2D eigenvalue weighted by atomic mass is 16.2. The molecule has 0 bridgehead atoms. The third kappa shape index (κ3) is 1.64. The van der Waals surface area contributed by atoms with Gasteiger partial charge in [0.05, 0.1) is 0 Å². The number of nitrogens with zero attached hydrogens (tertiary/aromatic N) is 2. The predicted molar refractivity (Wildman–Crippen MR) is 51.6 cm³/mol. The van der Waals surface area contributed by atoms with Crippen LogP contribution in [0, 0.1) is 5.41 Å². The van der Waals surface area contributed by atoms with Crippen LogP contribution in [0.5, 0.6) is 0 Å². The lowest BCUT2D eigenvalue weighted by Crippen LogP contribution is -2.45. The molecule has 1 saturated carbocycles. The average molecular weight is 182 g/mol. The Kier molecular flexibility index (Phi) is 1.97. The second-order valence-corrected chi connectivity index (χ2v) is 4.70. The third-order valence-corrected chi connectivity index (χ3v) is 3.27. The lowest BCUT2D eigenvalue weighted by molar-refractivity contribution is 0.137. The van der Waals surface area contributed by atoms with Crippen LogP contribution in [0.15, 0.2) is 0 Å². The van der Waals surface area contributed by atoms with Crippen molar-refractivity contribution in [1.29, 1.82) is 0 Å². The van der Waals surface area contributed by atoms with Crippen LogP contribution < -0.4 is 0 Å². The number of amides is 2. The van der Waals surface area contributed by atoms with Crippen LogP contribution >= 0.6 is 0 Å². The summed E-state index contributed by atoms with van der Waals surface area (Å²) in [4.78, 5) is 15.4. The molecule has 0 aromatic rings. The van der Waals surface area contributed by atoms with Crippen molar-refractivity contribution in [3.05, 3.63) is 0 Å². The van der Waals surface area contributed by atoms with Crippen LogP contribution in [0.4, 0.5) is 4.79 Å². The molecule has 74 valence electrons. The molecule has 0 atom stereocenters. The lowest BCUT2D eigenvalue weighted by atomic mass is 9.95. The number of hydrogen-bond donors (Lipinski definition) is 0. The number of likely N-dealkylation sites (tertiary alicyclic amines) is 1. The minimum Gasteiger partial charge on any atom is -0.331 e. The molecule has 3 heteroatoms. The summed E-state index contributed by atoms with van der Waals surface area (Å²) in [6.07, 6.45) is 5.21. The zero-order chi connectivity index (χ0) is 9.47. The van der Waals surface area contributed by atoms with E-state index in [9.17, 15) is 4.79 Å². The Hall–Kier alpha value is -0.730. The van der Waals surface area contributed by atoms with Gasteiger partial charge in [-0.2, -0.15) is 0 Å². The number of carbonyl (C=O) groups excluding carboxylic acids is 1. The number of piperidine rings is 1. The monoisotopic (exact) mass is 182 g/mol. The maximum absolute atomic E-state index is 11.7. The van der Waals surface area contributed by atoms with E-state index in [0.29, 0.717) is 5.41 Å². The van der Waals surface area contributed by atoms with Crippen LogP contribution in [-0.2, 0) is 0 Å². The largest absolute Gasteiger partial charge is 0.331 e. The molecule has 0 unspecified atom stereocenters. The van der Waals surface area contributed by atoms with Gasteiger partial charge in [-0.05, 0) is 31.1 Å². The fourth-order valence-electron chi connectivity index (χ4n) is 2.24. The quantitative estimate of drug-likeness (QED) is 0.557. The van der Waals surface area contributed by atoms with Gasteiger partial charge in [0.25, 0.3) is 0 Å². The number of hydrogen-bond acceptors (Lipinski definition) is 1. The molecule has 3 nitrogen and oxygen atoms in total. The number of carbonyl (C=O) groups is 1. The van der Waals surface area contributed by atoms with Crippen LogP contribution in [0.2, 0.25) is 0 Å². The molecule has 2 aliphatic rings. The van der Waals surface area contributed by atoms with E-state index in [2.05, 4.69) is 0 Å². The van der Waals surface area contributed by atoms with Crippen molar-refractivity contribution in [3.8, 4) is 0 Å². The first kappa shape index (κ1) is 8.85. The summed E-state index contributed by atoms with van der Waals surface area (Å²) in [5.74, 6) is 0. The van der Waals surface area contributed by atoms with Gasteiger partial charge >= 0.3 is 6.03 Å². The summed E-state index contributed by atoms with van der Waals surface area (Å²) in [6.45, 7) is 1.96. The fraction of sp³-hybridized carbons (Fsp3) is 0.900. The molecule has 13 heavy (non-hydrogen) atoms. The van der Waals surface area contributed by atoms with Crippen molar-refractivity contribution in [2.24, 2.45) is 5.41 Å². The Labute approximate surface area is 79.7 Å². The van der Waals surface area contributed by atoms with Gasteiger partial charge in [0.15, 0.2) is 0 Å². The Bertz CT molecular complexity index is 221. The van der Waals surface area contributed by atoms with Crippen molar-refractivity contribution in [2.45, 2.75) is 25.7 Å². The van der Waals surface area contributed by atoms with Crippen LogP contribution in [-0.4, -0.2) is 43.0 Å². The van der Waals surface area contributed by atoms with Crippen LogP contribution in [0.1, 0.15) is 25.7 Å². The second-order valence-electron chi connectivity index (χ2n) is 4.70. The first-order valence-corrected chi connectivity index (χ1v) is 5.09. The Balaban J connectivity index is 1.96. The molecular weight excluding hydrogens is 164 g/mol. The molecule has 0 N–H and O–H groups in total. The van der Waals surface area contributed by atoms with E-state index in [1.807, 2.05) is 19.0 Å². The zero-order valence-corrected chi connectivity index (χ0v) is 8.55. The molecule has 2 fully saturated rings. The highest BCUT2D eigenvalue weighted by Crippen LogP contribution is 2.52. The molecule has 1 spiro atoms. The summed E-state index contributed by atoms with van der Waals surface area (Å²) >= 11 is 0. The van der Waals surface area contributed by atoms with Crippen molar-refractivity contribution in [1.82, 2.24) is 9.80 Å². The summed E-state index contributed by atoms with van der Waals surface area (Å²) < 4.78 is 0. The maximum Gasteiger partial charge on any atom is 0.319 e. The zero-order valence-electron chi connectivity index (χ0n) is 8.55. The topological polar surface area (TPSA) is 23.6 Å². The van der Waals surface area contributed by atoms with Crippen molar-refractivity contribution in [3.63, 3.8) is 0 Å². The van der Waals surface area contributed by atoms with Crippen molar-refractivity contribution >= 4 is 6.03 Å². The SMILES string of the molecule is CN(C)C(=O)N1CCCC2(CC2)C1. The highest BCUT2D eigenvalue weighted by Gasteiger charge is 2.46. The summed E-state index contributed by atoms with van der Waals surface area (Å²) in [6, 6.07) is 0.186. The van der Waals surface area contributed by atoms with Gasteiger partial charge in [-0.15, -0.1) is 0 Å². The molecule has 1 saturated heterocycles. The Morgan fingerprint density at radius 1 is 1.31 bits per heavy atom. The van der Waals surface area contributed by atoms with Gasteiger partial charge in [0.2, 0.25) is 0 Å². The van der Waals surface area contributed by atoms with Gasteiger partial charge in [-0.25, -0.2) is 4.79 Å². The van der Waals surface area contributed by atoms with Gasteiger partial charge in [-0.1, -0.05) is 0 Å². The van der Waals surface area contributed by atoms with E-state index >= 15 is 0 Å². The van der Waals surface area contributed by atoms with E-state index in [4.69, 9.17) is 0 Å². The molecule has 0 radical (unpaired) electrons. The molecular formula is C10H18N2O. The van der Waals surface area contributed by atoms with E-state index in [-0.39, 0.29) is 6.03 Å². The summed E-state index contributed by atoms with van der Waals surface area (Å²) in [5, 5.41) is 0. The molecule has 1 heterocycles. The summed E-state index contributed by atoms with van der Waals surface area (Å²) in [7, 11) is 3.66. The molecule has 2 rings (SSSR count).